The first-order chi connectivity index (χ1) is 10.5. The number of ether oxygens (including phenoxy) is 1. The highest BCUT2D eigenvalue weighted by molar-refractivity contribution is 8.13. The molecule has 1 aliphatic rings. The van der Waals surface area contributed by atoms with Crippen molar-refractivity contribution >= 4 is 31.3 Å². The van der Waals surface area contributed by atoms with Gasteiger partial charge in [0.05, 0.1) is 24.1 Å². The minimum absolute atomic E-state index is 0.00704. The summed E-state index contributed by atoms with van der Waals surface area (Å²) in [6.07, 6.45) is -4.85. The second-order valence-electron chi connectivity index (χ2n) is 5.16. The van der Waals surface area contributed by atoms with Crippen LogP contribution < -0.4 is 9.64 Å². The van der Waals surface area contributed by atoms with Gasteiger partial charge in [-0.2, -0.15) is 13.2 Å². The van der Waals surface area contributed by atoms with Crippen molar-refractivity contribution in [2.24, 2.45) is 5.92 Å². The lowest BCUT2D eigenvalue weighted by atomic mass is 10.1. The number of methoxy groups -OCH3 is 1. The molecular weight excluding hydrogens is 359 g/mol. The Hall–Kier alpha value is -1.48. The minimum atomic E-state index is -4.68. The van der Waals surface area contributed by atoms with Crippen molar-refractivity contribution in [1.29, 1.82) is 0 Å². The number of amides is 1. The van der Waals surface area contributed by atoms with Crippen LogP contribution in [0, 0.1) is 5.92 Å². The molecule has 1 aromatic rings. The maximum absolute atomic E-state index is 13.2. The average Bonchev–Trinajstić information content (AvgIpc) is 2.75. The van der Waals surface area contributed by atoms with E-state index in [2.05, 4.69) is 0 Å². The number of alkyl halides is 3. The fourth-order valence-electron chi connectivity index (χ4n) is 2.51. The van der Waals surface area contributed by atoms with Crippen molar-refractivity contribution in [3.63, 3.8) is 0 Å². The lowest BCUT2D eigenvalue weighted by Gasteiger charge is -2.22. The van der Waals surface area contributed by atoms with Crippen LogP contribution in [0.5, 0.6) is 5.75 Å². The summed E-state index contributed by atoms with van der Waals surface area (Å²) in [6, 6.07) is 3.24. The molecule has 2 rings (SSSR count). The zero-order valence-electron chi connectivity index (χ0n) is 11.9. The third-order valence-corrected chi connectivity index (χ3v) is 4.69. The Morgan fingerprint density at radius 1 is 1.39 bits per heavy atom. The van der Waals surface area contributed by atoms with Crippen LogP contribution in [0.3, 0.4) is 0 Å². The van der Waals surface area contributed by atoms with Gasteiger partial charge in [0.15, 0.2) is 0 Å². The molecule has 10 heteroatoms. The number of rotatable bonds is 4. The maximum Gasteiger partial charge on any atom is 0.418 e. The molecule has 0 radical (unpaired) electrons. The molecule has 1 atom stereocenters. The van der Waals surface area contributed by atoms with E-state index in [4.69, 9.17) is 15.4 Å². The van der Waals surface area contributed by atoms with Crippen LogP contribution in [0.15, 0.2) is 18.2 Å². The smallest absolute Gasteiger partial charge is 0.418 e. The van der Waals surface area contributed by atoms with E-state index in [0.717, 1.165) is 17.0 Å². The predicted molar refractivity (Wildman–Crippen MR) is 78.1 cm³/mol. The monoisotopic (exact) mass is 371 g/mol. The van der Waals surface area contributed by atoms with Gasteiger partial charge < -0.3 is 9.64 Å². The Labute approximate surface area is 135 Å². The molecule has 1 saturated heterocycles. The van der Waals surface area contributed by atoms with Gasteiger partial charge in [0.25, 0.3) is 0 Å². The first-order valence-electron chi connectivity index (χ1n) is 6.49. The summed E-state index contributed by atoms with van der Waals surface area (Å²) < 4.78 is 66.6. The number of anilines is 1. The van der Waals surface area contributed by atoms with Gasteiger partial charge in [0.1, 0.15) is 5.75 Å². The molecule has 1 fully saturated rings. The summed E-state index contributed by atoms with van der Waals surface area (Å²) in [4.78, 5) is 12.9. The first-order valence-corrected chi connectivity index (χ1v) is 8.97. The normalized spacial score (nSPS) is 19.3. The van der Waals surface area contributed by atoms with Crippen molar-refractivity contribution < 1.29 is 31.1 Å². The molecule has 1 aromatic carbocycles. The van der Waals surface area contributed by atoms with Gasteiger partial charge >= 0.3 is 6.18 Å². The highest BCUT2D eigenvalue weighted by Gasteiger charge is 2.40. The van der Waals surface area contributed by atoms with Gasteiger partial charge in [-0.3, -0.25) is 4.79 Å². The fraction of sp³-hybridized carbons (Fsp3) is 0.462. The van der Waals surface area contributed by atoms with Crippen molar-refractivity contribution in [2.75, 3.05) is 24.3 Å². The Bertz CT molecular complexity index is 720. The molecule has 23 heavy (non-hydrogen) atoms. The van der Waals surface area contributed by atoms with Gasteiger partial charge in [-0.05, 0) is 18.2 Å². The number of hydrogen-bond donors (Lipinski definition) is 0. The van der Waals surface area contributed by atoms with Crippen LogP contribution in [0.25, 0.3) is 0 Å². The molecule has 0 bridgehead atoms. The Balaban J connectivity index is 2.37. The Morgan fingerprint density at radius 2 is 2.04 bits per heavy atom. The molecule has 1 aliphatic heterocycles. The van der Waals surface area contributed by atoms with Crippen molar-refractivity contribution in [3.8, 4) is 5.75 Å². The highest BCUT2D eigenvalue weighted by atomic mass is 35.7. The summed E-state index contributed by atoms with van der Waals surface area (Å²) >= 11 is 0. The fourth-order valence-corrected chi connectivity index (χ4v) is 3.83. The standard InChI is InChI=1S/C13H13ClF3NO4S/c1-22-9-2-3-11(10(5-9)13(15,16)17)18-6-8(4-12(18)19)7-23(14,20)21/h2-3,5,8H,4,6-7H2,1H3. The number of halogens is 4. The van der Waals surface area contributed by atoms with E-state index in [-0.39, 0.29) is 24.4 Å². The predicted octanol–water partition coefficient (Wildman–Crippen LogP) is 2.64. The van der Waals surface area contributed by atoms with E-state index in [0.29, 0.717) is 0 Å². The first kappa shape index (κ1) is 17.9. The lowest BCUT2D eigenvalue weighted by Crippen LogP contribution is -2.28. The molecular formula is C13H13ClF3NO4S. The summed E-state index contributed by atoms with van der Waals surface area (Å²) in [5.74, 6) is -1.68. The Kier molecular flexibility index (Phi) is 4.81. The van der Waals surface area contributed by atoms with E-state index in [9.17, 15) is 26.4 Å². The number of nitrogens with zero attached hydrogens (tertiary/aromatic N) is 1. The van der Waals surface area contributed by atoms with E-state index in [1.807, 2.05) is 0 Å². The van der Waals surface area contributed by atoms with Gasteiger partial charge in [0, 0.05) is 29.6 Å². The zero-order chi connectivity index (χ0) is 17.4. The van der Waals surface area contributed by atoms with Crippen LogP contribution in [-0.2, 0) is 20.0 Å². The third kappa shape index (κ3) is 4.29. The molecule has 0 saturated carbocycles. The third-order valence-electron chi connectivity index (χ3n) is 3.44. The van der Waals surface area contributed by atoms with Gasteiger partial charge in [-0.15, -0.1) is 0 Å². The molecule has 5 nitrogen and oxygen atoms in total. The lowest BCUT2D eigenvalue weighted by molar-refractivity contribution is -0.137. The Morgan fingerprint density at radius 3 is 2.57 bits per heavy atom. The summed E-state index contributed by atoms with van der Waals surface area (Å²) in [6.45, 7) is -0.139. The molecule has 0 spiro atoms. The van der Waals surface area contributed by atoms with Crippen LogP contribution in [0.1, 0.15) is 12.0 Å². The summed E-state index contributed by atoms with van der Waals surface area (Å²) in [5, 5.41) is 0. The number of carbonyl (C=O) groups is 1. The molecule has 0 aromatic heterocycles. The van der Waals surface area contributed by atoms with Crippen LogP contribution in [0.4, 0.5) is 18.9 Å². The van der Waals surface area contributed by atoms with Gasteiger partial charge in [0.2, 0.25) is 15.0 Å². The number of hydrogen-bond acceptors (Lipinski definition) is 4. The van der Waals surface area contributed by atoms with E-state index >= 15 is 0 Å². The van der Waals surface area contributed by atoms with E-state index in [1.165, 1.54) is 13.2 Å². The van der Waals surface area contributed by atoms with Gasteiger partial charge in [-0.25, -0.2) is 8.42 Å². The van der Waals surface area contributed by atoms with Crippen molar-refractivity contribution in [2.45, 2.75) is 12.6 Å². The minimum Gasteiger partial charge on any atom is -0.497 e. The zero-order valence-corrected chi connectivity index (χ0v) is 13.5. The van der Waals surface area contributed by atoms with E-state index in [1.54, 1.807) is 0 Å². The van der Waals surface area contributed by atoms with Crippen LogP contribution in [-0.4, -0.2) is 33.7 Å². The number of carbonyl (C=O) groups excluding carboxylic acids is 1. The van der Waals surface area contributed by atoms with Crippen molar-refractivity contribution in [3.05, 3.63) is 23.8 Å². The topological polar surface area (TPSA) is 63.7 Å². The van der Waals surface area contributed by atoms with Crippen LogP contribution in [0.2, 0.25) is 0 Å². The SMILES string of the molecule is COc1ccc(N2CC(CS(=O)(=O)Cl)CC2=O)c(C(F)(F)F)c1. The second kappa shape index (κ2) is 6.20. The molecule has 0 aliphatic carbocycles. The summed E-state index contributed by atoms with van der Waals surface area (Å²) in [5.41, 5.74) is -1.34. The van der Waals surface area contributed by atoms with Crippen LogP contribution >= 0.6 is 10.7 Å². The largest absolute Gasteiger partial charge is 0.497 e. The second-order valence-corrected chi connectivity index (χ2v) is 7.98. The number of benzene rings is 1. The van der Waals surface area contributed by atoms with E-state index < -0.39 is 38.4 Å². The average molecular weight is 372 g/mol. The summed E-state index contributed by atoms with van der Waals surface area (Å²) in [7, 11) is 2.54. The molecule has 1 unspecified atom stereocenters. The highest BCUT2D eigenvalue weighted by Crippen LogP contribution is 2.40. The molecule has 0 N–H and O–H groups in total. The van der Waals surface area contributed by atoms with Crippen molar-refractivity contribution in [1.82, 2.24) is 0 Å². The molecule has 128 valence electrons. The molecule has 1 amide bonds. The quantitative estimate of drug-likeness (QED) is 0.763. The maximum atomic E-state index is 13.2. The molecule has 1 heterocycles. The van der Waals surface area contributed by atoms with Gasteiger partial charge in [-0.1, -0.05) is 0 Å².